The van der Waals surface area contributed by atoms with Crippen molar-refractivity contribution in [2.75, 3.05) is 0 Å². The van der Waals surface area contributed by atoms with Crippen molar-refractivity contribution in [3.63, 3.8) is 0 Å². The molecule has 0 unspecified atom stereocenters. The van der Waals surface area contributed by atoms with Gasteiger partial charge in [-0.1, -0.05) is 47.1 Å². The Bertz CT molecular complexity index is 1200. The van der Waals surface area contributed by atoms with Crippen molar-refractivity contribution in [3.05, 3.63) is 104 Å². The van der Waals surface area contributed by atoms with Gasteiger partial charge < -0.3 is 4.84 Å². The number of carbonyl (C=O) groups excluding carboxylic acids is 1. The van der Waals surface area contributed by atoms with E-state index in [1.165, 1.54) is 18.2 Å². The minimum Gasteiger partial charge on any atom is -0.312 e. The summed E-state index contributed by atoms with van der Waals surface area (Å²) in [5.74, 6) is 0.0396. The Kier molecular flexibility index (Phi) is 5.37. The minimum atomic E-state index is -0.741. The van der Waals surface area contributed by atoms with Crippen LogP contribution >= 0.6 is 11.8 Å². The zero-order valence-corrected chi connectivity index (χ0v) is 17.2. The van der Waals surface area contributed by atoms with Crippen LogP contribution < -0.4 is 0 Å². The summed E-state index contributed by atoms with van der Waals surface area (Å²) >= 11 is 1.71. The molecule has 6 nitrogen and oxygen atoms in total. The van der Waals surface area contributed by atoms with Gasteiger partial charge in [-0.3, -0.25) is 10.1 Å². The molecular formula is C23H18N2O4S. The van der Waals surface area contributed by atoms with Gasteiger partial charge in [0.25, 0.3) is 5.69 Å². The summed E-state index contributed by atoms with van der Waals surface area (Å²) in [7, 11) is 0. The number of carbonyl (C=O) groups is 1. The molecule has 1 aliphatic heterocycles. The van der Waals surface area contributed by atoms with E-state index in [0.29, 0.717) is 11.3 Å². The topological polar surface area (TPSA) is 81.8 Å². The van der Waals surface area contributed by atoms with Gasteiger partial charge in [0.2, 0.25) is 0 Å². The van der Waals surface area contributed by atoms with Gasteiger partial charge in [0.05, 0.1) is 10.5 Å². The number of benzene rings is 3. The molecule has 3 aromatic carbocycles. The molecule has 7 heteroatoms. The molecule has 0 aliphatic carbocycles. The molecule has 1 aliphatic rings. The molecule has 0 fully saturated rings. The maximum absolute atomic E-state index is 12.6. The first kappa shape index (κ1) is 19.8. The Morgan fingerprint density at radius 1 is 1.07 bits per heavy atom. The number of oxime groups is 1. The third kappa shape index (κ3) is 3.84. The standard InChI is InChI=1S/C23H18N2O4S/c1-14-7-10-21-19(11-14)22(18-6-4-3-5-17(18)13-30-21)24-29-23(26)16-9-8-15(2)20(12-16)25(27)28/h3-12H,13H2,1-2H3/b24-22+. The largest absolute Gasteiger partial charge is 0.366 e. The van der Waals surface area contributed by atoms with Crippen LogP contribution in [0.5, 0.6) is 0 Å². The maximum atomic E-state index is 12.6. The van der Waals surface area contributed by atoms with Crippen molar-refractivity contribution in [1.29, 1.82) is 0 Å². The molecule has 3 aromatic rings. The third-order valence-corrected chi connectivity index (χ3v) is 6.03. The van der Waals surface area contributed by atoms with E-state index < -0.39 is 10.9 Å². The summed E-state index contributed by atoms with van der Waals surface area (Å²) in [4.78, 5) is 29.6. The number of fused-ring (bicyclic) bond motifs is 2. The summed E-state index contributed by atoms with van der Waals surface area (Å²) in [5.41, 5.74) is 4.96. The molecule has 0 bridgehead atoms. The summed E-state index contributed by atoms with van der Waals surface area (Å²) in [5, 5.41) is 15.4. The number of nitro benzene ring substituents is 1. The van der Waals surface area contributed by atoms with Gasteiger partial charge in [-0.25, -0.2) is 4.79 Å². The lowest BCUT2D eigenvalue weighted by atomic mass is 9.97. The molecule has 0 N–H and O–H groups in total. The second-order valence-electron chi connectivity index (χ2n) is 7.02. The van der Waals surface area contributed by atoms with Gasteiger partial charge in [0.15, 0.2) is 0 Å². The van der Waals surface area contributed by atoms with E-state index in [-0.39, 0.29) is 11.3 Å². The Hall–Kier alpha value is -3.45. The molecule has 0 saturated heterocycles. The lowest BCUT2D eigenvalue weighted by Crippen LogP contribution is -2.10. The number of thioether (sulfide) groups is 1. The second kappa shape index (κ2) is 8.12. The summed E-state index contributed by atoms with van der Waals surface area (Å²) < 4.78 is 0. The van der Waals surface area contributed by atoms with Crippen molar-refractivity contribution < 1.29 is 14.6 Å². The number of nitrogens with zero attached hydrogens (tertiary/aromatic N) is 2. The first-order valence-electron chi connectivity index (χ1n) is 9.30. The maximum Gasteiger partial charge on any atom is 0.366 e. The number of hydrogen-bond acceptors (Lipinski definition) is 6. The Morgan fingerprint density at radius 2 is 1.87 bits per heavy atom. The number of nitro groups is 1. The van der Waals surface area contributed by atoms with E-state index >= 15 is 0 Å². The van der Waals surface area contributed by atoms with E-state index in [1.54, 1.807) is 18.7 Å². The van der Waals surface area contributed by atoms with Crippen molar-refractivity contribution in [1.82, 2.24) is 0 Å². The lowest BCUT2D eigenvalue weighted by Gasteiger charge is -2.10. The van der Waals surface area contributed by atoms with Gasteiger partial charge >= 0.3 is 5.97 Å². The molecular weight excluding hydrogens is 400 g/mol. The van der Waals surface area contributed by atoms with Crippen LogP contribution in [0.4, 0.5) is 5.69 Å². The van der Waals surface area contributed by atoms with Crippen molar-refractivity contribution in [3.8, 4) is 0 Å². The molecule has 30 heavy (non-hydrogen) atoms. The van der Waals surface area contributed by atoms with Crippen LogP contribution in [0.3, 0.4) is 0 Å². The predicted molar refractivity (Wildman–Crippen MR) is 116 cm³/mol. The molecule has 4 rings (SSSR count). The Morgan fingerprint density at radius 3 is 2.67 bits per heavy atom. The SMILES string of the molecule is Cc1ccc2c(c1)/C(=N/OC(=O)c1ccc(C)c([N+](=O)[O-])c1)c1ccccc1CS2. The van der Waals surface area contributed by atoms with E-state index in [9.17, 15) is 14.9 Å². The molecule has 0 spiro atoms. The zero-order valence-electron chi connectivity index (χ0n) is 16.4. The summed E-state index contributed by atoms with van der Waals surface area (Å²) in [6, 6.07) is 18.2. The predicted octanol–water partition coefficient (Wildman–Crippen LogP) is 5.43. The average molecular weight is 418 g/mol. The highest BCUT2D eigenvalue weighted by Gasteiger charge is 2.22. The fraction of sp³-hybridized carbons (Fsp3) is 0.130. The monoisotopic (exact) mass is 418 g/mol. The highest BCUT2D eigenvalue weighted by Crippen LogP contribution is 2.34. The third-order valence-electron chi connectivity index (χ3n) is 4.91. The fourth-order valence-corrected chi connectivity index (χ4v) is 4.34. The molecule has 0 radical (unpaired) electrons. The normalized spacial score (nSPS) is 13.9. The Balaban J connectivity index is 1.75. The molecule has 0 atom stereocenters. The van der Waals surface area contributed by atoms with Crippen molar-refractivity contribution >= 4 is 29.1 Å². The summed E-state index contributed by atoms with van der Waals surface area (Å²) in [6.45, 7) is 3.61. The lowest BCUT2D eigenvalue weighted by molar-refractivity contribution is -0.385. The molecule has 0 aromatic heterocycles. The van der Waals surface area contributed by atoms with Crippen LogP contribution in [0, 0.1) is 24.0 Å². The second-order valence-corrected chi connectivity index (χ2v) is 8.04. The first-order chi connectivity index (χ1) is 14.4. The van der Waals surface area contributed by atoms with Crippen LogP contribution in [0.15, 0.2) is 70.7 Å². The van der Waals surface area contributed by atoms with E-state index in [1.807, 2.05) is 49.4 Å². The molecule has 150 valence electrons. The fourth-order valence-electron chi connectivity index (χ4n) is 3.30. The molecule has 0 amide bonds. The highest BCUT2D eigenvalue weighted by molar-refractivity contribution is 7.98. The van der Waals surface area contributed by atoms with Crippen LogP contribution in [0.2, 0.25) is 0 Å². The zero-order chi connectivity index (χ0) is 21.3. The molecule has 1 heterocycles. The highest BCUT2D eigenvalue weighted by atomic mass is 32.2. The minimum absolute atomic E-state index is 0.0809. The number of rotatable bonds is 3. The van der Waals surface area contributed by atoms with E-state index in [2.05, 4.69) is 5.16 Å². The van der Waals surface area contributed by atoms with Gasteiger partial charge in [0.1, 0.15) is 5.71 Å². The quantitative estimate of drug-likeness (QED) is 0.322. The Labute approximate surface area is 177 Å². The van der Waals surface area contributed by atoms with Crippen LogP contribution in [-0.4, -0.2) is 16.6 Å². The molecule has 0 saturated carbocycles. The average Bonchev–Trinajstić information content (AvgIpc) is 2.88. The van der Waals surface area contributed by atoms with E-state index in [0.717, 1.165) is 32.9 Å². The number of aryl methyl sites for hydroxylation is 2. The van der Waals surface area contributed by atoms with Crippen molar-refractivity contribution in [2.45, 2.75) is 24.5 Å². The van der Waals surface area contributed by atoms with Crippen LogP contribution in [-0.2, 0) is 10.6 Å². The summed E-state index contributed by atoms with van der Waals surface area (Å²) in [6.07, 6.45) is 0. The first-order valence-corrected chi connectivity index (χ1v) is 10.3. The van der Waals surface area contributed by atoms with Gasteiger partial charge in [-0.05, 0) is 37.6 Å². The van der Waals surface area contributed by atoms with Crippen LogP contribution in [0.1, 0.15) is 38.2 Å². The van der Waals surface area contributed by atoms with Crippen molar-refractivity contribution in [2.24, 2.45) is 5.16 Å². The van der Waals surface area contributed by atoms with Gasteiger partial charge in [-0.15, -0.1) is 11.8 Å². The van der Waals surface area contributed by atoms with Gasteiger partial charge in [0, 0.05) is 33.4 Å². The number of hydrogen-bond donors (Lipinski definition) is 0. The van der Waals surface area contributed by atoms with E-state index in [4.69, 9.17) is 4.84 Å². The van der Waals surface area contributed by atoms with Gasteiger partial charge in [-0.2, -0.15) is 0 Å². The van der Waals surface area contributed by atoms with Crippen LogP contribution in [0.25, 0.3) is 0 Å². The smallest absolute Gasteiger partial charge is 0.312 e.